The molecule has 132 valence electrons. The predicted molar refractivity (Wildman–Crippen MR) is 98.9 cm³/mol. The van der Waals surface area contributed by atoms with Crippen LogP contribution in [0.25, 0.3) is 0 Å². The molecule has 1 aromatic heterocycles. The van der Waals surface area contributed by atoms with Gasteiger partial charge in [-0.15, -0.1) is 0 Å². The molecular formula is C18H23N5O2. The summed E-state index contributed by atoms with van der Waals surface area (Å²) in [7, 11) is 0. The fourth-order valence-electron chi connectivity index (χ4n) is 2.20. The van der Waals surface area contributed by atoms with E-state index in [9.17, 15) is 9.59 Å². The number of aryl methyl sites for hydroxylation is 1. The molecule has 25 heavy (non-hydrogen) atoms. The van der Waals surface area contributed by atoms with Crippen molar-refractivity contribution < 1.29 is 9.59 Å². The molecule has 0 fully saturated rings. The molecule has 7 nitrogen and oxygen atoms in total. The van der Waals surface area contributed by atoms with Crippen molar-refractivity contribution in [3.05, 3.63) is 41.9 Å². The Balaban J connectivity index is 2.05. The first-order valence-corrected chi connectivity index (χ1v) is 8.26. The molecular weight excluding hydrogens is 318 g/mol. The highest BCUT2D eigenvalue weighted by molar-refractivity contribution is 6.03. The fraction of sp³-hybridized carbons (Fsp3) is 0.333. The second-order valence-electron chi connectivity index (χ2n) is 5.68. The summed E-state index contributed by atoms with van der Waals surface area (Å²) in [4.78, 5) is 31.9. The third-order valence-electron chi connectivity index (χ3n) is 3.37. The highest BCUT2D eigenvalue weighted by Gasteiger charge is 2.11. The van der Waals surface area contributed by atoms with E-state index in [2.05, 4.69) is 32.8 Å². The SMILES string of the molecule is CCCCNc1cc(C(=O)Nc2ccc(NC(C)=O)cc2)nc(C)n1. The molecule has 2 rings (SSSR count). The van der Waals surface area contributed by atoms with Crippen LogP contribution in [0, 0.1) is 6.92 Å². The van der Waals surface area contributed by atoms with Crippen LogP contribution in [0.1, 0.15) is 43.0 Å². The van der Waals surface area contributed by atoms with E-state index >= 15 is 0 Å². The second-order valence-corrected chi connectivity index (χ2v) is 5.68. The smallest absolute Gasteiger partial charge is 0.274 e. The maximum atomic E-state index is 12.4. The summed E-state index contributed by atoms with van der Waals surface area (Å²) in [5, 5.41) is 8.67. The Morgan fingerprint density at radius 3 is 2.28 bits per heavy atom. The molecule has 0 saturated carbocycles. The third kappa shape index (κ3) is 5.87. The van der Waals surface area contributed by atoms with Gasteiger partial charge in [0.2, 0.25) is 5.91 Å². The number of hydrogen-bond donors (Lipinski definition) is 3. The van der Waals surface area contributed by atoms with Crippen LogP contribution in [-0.4, -0.2) is 28.3 Å². The number of nitrogens with one attached hydrogen (secondary N) is 3. The van der Waals surface area contributed by atoms with Crippen LogP contribution in [0.4, 0.5) is 17.2 Å². The van der Waals surface area contributed by atoms with Crippen LogP contribution in [-0.2, 0) is 4.79 Å². The van der Waals surface area contributed by atoms with E-state index in [1.807, 2.05) is 0 Å². The van der Waals surface area contributed by atoms with Crippen LogP contribution in [0.15, 0.2) is 30.3 Å². The Hall–Kier alpha value is -2.96. The van der Waals surface area contributed by atoms with Gasteiger partial charge < -0.3 is 16.0 Å². The van der Waals surface area contributed by atoms with E-state index in [0.717, 1.165) is 19.4 Å². The zero-order chi connectivity index (χ0) is 18.2. The van der Waals surface area contributed by atoms with E-state index in [0.29, 0.717) is 28.7 Å². The molecule has 0 saturated heterocycles. The topological polar surface area (TPSA) is 96.0 Å². The van der Waals surface area contributed by atoms with Gasteiger partial charge in [-0.05, 0) is 37.6 Å². The summed E-state index contributed by atoms with van der Waals surface area (Å²) >= 11 is 0. The van der Waals surface area contributed by atoms with Gasteiger partial charge in [0.1, 0.15) is 17.3 Å². The van der Waals surface area contributed by atoms with Crippen LogP contribution in [0.3, 0.4) is 0 Å². The molecule has 0 aliphatic heterocycles. The van der Waals surface area contributed by atoms with Gasteiger partial charge in [0.25, 0.3) is 5.91 Å². The van der Waals surface area contributed by atoms with Gasteiger partial charge in [-0.2, -0.15) is 0 Å². The number of nitrogens with zero attached hydrogens (tertiary/aromatic N) is 2. The first kappa shape index (κ1) is 18.4. The van der Waals surface area contributed by atoms with Crippen molar-refractivity contribution in [3.8, 4) is 0 Å². The van der Waals surface area contributed by atoms with Gasteiger partial charge in [-0.25, -0.2) is 9.97 Å². The van der Waals surface area contributed by atoms with Crippen molar-refractivity contribution in [1.82, 2.24) is 9.97 Å². The normalized spacial score (nSPS) is 10.2. The minimum Gasteiger partial charge on any atom is -0.370 e. The third-order valence-corrected chi connectivity index (χ3v) is 3.37. The molecule has 0 bridgehead atoms. The van der Waals surface area contributed by atoms with Gasteiger partial charge in [0.05, 0.1) is 0 Å². The molecule has 0 spiro atoms. The largest absolute Gasteiger partial charge is 0.370 e. The number of anilines is 3. The molecule has 3 N–H and O–H groups in total. The Bertz CT molecular complexity index is 744. The molecule has 0 radical (unpaired) electrons. The quantitative estimate of drug-likeness (QED) is 0.672. The number of carbonyl (C=O) groups is 2. The summed E-state index contributed by atoms with van der Waals surface area (Å²) in [6, 6.07) is 8.53. The Kier molecular flexibility index (Phi) is 6.45. The minimum atomic E-state index is -0.309. The average Bonchev–Trinajstić information content (AvgIpc) is 2.56. The van der Waals surface area contributed by atoms with Crippen LogP contribution in [0.5, 0.6) is 0 Å². The number of aromatic nitrogens is 2. The number of hydrogen-bond acceptors (Lipinski definition) is 5. The van der Waals surface area contributed by atoms with Crippen molar-refractivity contribution in [2.45, 2.75) is 33.6 Å². The number of amides is 2. The molecule has 7 heteroatoms. The predicted octanol–water partition coefficient (Wildman–Crippen LogP) is 3.21. The van der Waals surface area contributed by atoms with E-state index < -0.39 is 0 Å². The van der Waals surface area contributed by atoms with Gasteiger partial charge in [-0.1, -0.05) is 13.3 Å². The Morgan fingerprint density at radius 1 is 1.04 bits per heavy atom. The average molecular weight is 341 g/mol. The van der Waals surface area contributed by atoms with E-state index in [4.69, 9.17) is 0 Å². The fourth-order valence-corrected chi connectivity index (χ4v) is 2.20. The number of benzene rings is 1. The van der Waals surface area contributed by atoms with Gasteiger partial charge >= 0.3 is 0 Å². The maximum absolute atomic E-state index is 12.4. The molecule has 0 aliphatic carbocycles. The van der Waals surface area contributed by atoms with E-state index in [1.165, 1.54) is 6.92 Å². The van der Waals surface area contributed by atoms with E-state index in [1.54, 1.807) is 37.3 Å². The first-order valence-electron chi connectivity index (χ1n) is 8.26. The highest BCUT2D eigenvalue weighted by Crippen LogP contribution is 2.15. The summed E-state index contributed by atoms with van der Waals surface area (Å²) in [6.07, 6.45) is 2.12. The monoisotopic (exact) mass is 341 g/mol. The van der Waals surface area contributed by atoms with Crippen molar-refractivity contribution in [3.63, 3.8) is 0 Å². The number of carbonyl (C=O) groups excluding carboxylic acids is 2. The van der Waals surface area contributed by atoms with Crippen molar-refractivity contribution in [2.24, 2.45) is 0 Å². The lowest BCUT2D eigenvalue weighted by Crippen LogP contribution is -2.16. The summed E-state index contributed by atoms with van der Waals surface area (Å²) < 4.78 is 0. The van der Waals surface area contributed by atoms with Crippen molar-refractivity contribution in [1.29, 1.82) is 0 Å². The molecule has 1 aromatic carbocycles. The molecule has 2 aromatic rings. The first-order chi connectivity index (χ1) is 12.0. The molecule has 1 heterocycles. The summed E-state index contributed by atoms with van der Waals surface area (Å²) in [5.41, 5.74) is 1.60. The summed E-state index contributed by atoms with van der Waals surface area (Å²) in [5.74, 6) is 0.729. The molecule has 2 amide bonds. The van der Waals surface area contributed by atoms with Gasteiger partial charge in [0, 0.05) is 30.9 Å². The maximum Gasteiger partial charge on any atom is 0.274 e. The molecule has 0 aliphatic rings. The lowest BCUT2D eigenvalue weighted by Gasteiger charge is -2.09. The number of unbranched alkanes of at least 4 members (excludes halogenated alkanes) is 1. The van der Waals surface area contributed by atoms with Crippen LogP contribution < -0.4 is 16.0 Å². The zero-order valence-corrected chi connectivity index (χ0v) is 14.7. The van der Waals surface area contributed by atoms with Crippen LogP contribution in [0.2, 0.25) is 0 Å². The Labute approximate surface area is 147 Å². The van der Waals surface area contributed by atoms with Gasteiger partial charge in [-0.3, -0.25) is 9.59 Å². The van der Waals surface area contributed by atoms with Gasteiger partial charge in [0.15, 0.2) is 0 Å². The van der Waals surface area contributed by atoms with Crippen LogP contribution >= 0.6 is 0 Å². The Morgan fingerprint density at radius 2 is 1.68 bits per heavy atom. The molecule has 0 unspecified atom stereocenters. The highest BCUT2D eigenvalue weighted by atomic mass is 16.2. The lowest BCUT2D eigenvalue weighted by molar-refractivity contribution is -0.114. The molecule has 0 atom stereocenters. The number of rotatable bonds is 7. The van der Waals surface area contributed by atoms with Crippen molar-refractivity contribution in [2.75, 3.05) is 22.5 Å². The van der Waals surface area contributed by atoms with Crippen molar-refractivity contribution >= 4 is 29.0 Å². The zero-order valence-electron chi connectivity index (χ0n) is 14.7. The standard InChI is InChI=1S/C18H23N5O2/c1-4-5-10-19-17-11-16(20-12(2)21-17)18(25)23-15-8-6-14(7-9-15)22-13(3)24/h6-9,11H,4-5,10H2,1-3H3,(H,22,24)(H,23,25)(H,19,20,21). The summed E-state index contributed by atoms with van der Waals surface area (Å²) in [6.45, 7) is 6.12. The lowest BCUT2D eigenvalue weighted by atomic mass is 10.2. The second kappa shape index (κ2) is 8.77. The van der Waals surface area contributed by atoms with E-state index in [-0.39, 0.29) is 11.8 Å². The minimum absolute atomic E-state index is 0.142.